The second-order valence-electron chi connectivity index (χ2n) is 24.4. The second-order valence-corrected chi connectivity index (χ2v) is 26.3. The van der Waals surface area contributed by atoms with Crippen molar-refractivity contribution in [1.82, 2.24) is 40.3 Å². The van der Waals surface area contributed by atoms with Gasteiger partial charge in [0, 0.05) is 61.4 Å². The monoisotopic (exact) mass is 1200 g/mol. The smallest absolute Gasteiger partial charge is 0.355 e. The van der Waals surface area contributed by atoms with E-state index in [1.807, 2.05) is 142 Å². The number of fused-ring (bicyclic) bond motifs is 2. The Balaban J connectivity index is 0.641. The van der Waals surface area contributed by atoms with Crippen molar-refractivity contribution in [2.45, 2.75) is 189 Å². The molecule has 17 nitrogen and oxygen atoms in total. The number of β-amino-alcohol motifs (C(OH)–C–C–N with tert-alkyl or cyclic N) is 1. The number of anilines is 2. The van der Waals surface area contributed by atoms with Gasteiger partial charge >= 0.3 is 5.97 Å². The van der Waals surface area contributed by atoms with Gasteiger partial charge in [0.1, 0.15) is 17.9 Å². The molecule has 4 atom stereocenters. The molecule has 2 aliphatic rings. The van der Waals surface area contributed by atoms with Crippen LogP contribution in [0.15, 0.2) is 84.4 Å². The molecular formula is C67H84N10O7S2. The summed E-state index contributed by atoms with van der Waals surface area (Å²) < 4.78 is 3.00. The molecule has 0 saturated carbocycles. The van der Waals surface area contributed by atoms with E-state index >= 15 is 0 Å². The Bertz CT molecular complexity index is 3480. The van der Waals surface area contributed by atoms with Crippen molar-refractivity contribution in [3.05, 3.63) is 129 Å². The molecule has 19 heteroatoms. The number of amides is 4. The highest BCUT2D eigenvalue weighted by molar-refractivity contribution is 7.22. The number of aliphatic hydroxyl groups excluding tert-OH is 1. The average molecular weight is 1210 g/mol. The minimum Gasteiger partial charge on any atom is -0.476 e. The summed E-state index contributed by atoms with van der Waals surface area (Å²) >= 11 is 3.02. The number of likely N-dealkylation sites (tertiary alicyclic amines) is 1. The van der Waals surface area contributed by atoms with E-state index in [2.05, 4.69) is 25.9 Å². The number of hydrogen-bond donors (Lipinski definition) is 5. The third-order valence-corrected chi connectivity index (χ3v) is 18.9. The van der Waals surface area contributed by atoms with Crippen LogP contribution in [-0.2, 0) is 33.9 Å². The van der Waals surface area contributed by atoms with Crippen molar-refractivity contribution in [1.29, 1.82) is 0 Å². The molecule has 4 amide bonds. The van der Waals surface area contributed by atoms with Gasteiger partial charge in [-0.05, 0) is 105 Å². The van der Waals surface area contributed by atoms with E-state index in [4.69, 9.17) is 10.1 Å². The number of unbranched alkanes of at least 4 members (excludes halogenated alkanes) is 12. The van der Waals surface area contributed by atoms with Crippen LogP contribution < -0.4 is 20.9 Å². The van der Waals surface area contributed by atoms with Crippen molar-refractivity contribution in [2.75, 3.05) is 23.3 Å². The third kappa shape index (κ3) is 15.6. The Morgan fingerprint density at radius 2 is 1.47 bits per heavy atom. The number of nitrogens with one attached hydrogen (secondary N) is 3. The number of aryl methyl sites for hydroxylation is 3. The van der Waals surface area contributed by atoms with Crippen molar-refractivity contribution < 1.29 is 34.2 Å². The van der Waals surface area contributed by atoms with Gasteiger partial charge < -0.3 is 30.6 Å². The van der Waals surface area contributed by atoms with Crippen LogP contribution in [0.4, 0.5) is 10.9 Å². The van der Waals surface area contributed by atoms with Gasteiger partial charge in [-0.2, -0.15) is 5.10 Å². The predicted octanol–water partition coefficient (Wildman–Crippen LogP) is 12.9. The molecule has 456 valence electrons. The molecule has 3 aromatic carbocycles. The zero-order valence-corrected chi connectivity index (χ0v) is 52.6. The summed E-state index contributed by atoms with van der Waals surface area (Å²) in [7, 11) is 0. The van der Waals surface area contributed by atoms with Gasteiger partial charge in [-0.15, -0.1) is 11.3 Å². The van der Waals surface area contributed by atoms with Crippen LogP contribution in [0.1, 0.15) is 185 Å². The van der Waals surface area contributed by atoms with Crippen LogP contribution in [0.5, 0.6) is 0 Å². The molecule has 0 radical (unpaired) electrons. The van der Waals surface area contributed by atoms with Gasteiger partial charge in [-0.25, -0.2) is 19.7 Å². The van der Waals surface area contributed by atoms with E-state index in [1.165, 1.54) is 54.8 Å². The Labute approximate surface area is 513 Å². The first-order chi connectivity index (χ1) is 41.3. The Hall–Kier alpha value is -7.35. The van der Waals surface area contributed by atoms with Crippen LogP contribution in [0.25, 0.3) is 31.8 Å². The highest BCUT2D eigenvalue weighted by atomic mass is 32.1. The van der Waals surface area contributed by atoms with Crippen molar-refractivity contribution in [2.24, 2.45) is 5.41 Å². The highest BCUT2D eigenvalue weighted by Gasteiger charge is 2.45. The average Bonchev–Trinajstić information content (AvgIpc) is 1.92. The van der Waals surface area contributed by atoms with Gasteiger partial charge in [-0.3, -0.25) is 29.2 Å². The molecule has 1 saturated heterocycles. The predicted molar refractivity (Wildman–Crippen MR) is 342 cm³/mol. The lowest BCUT2D eigenvalue weighted by molar-refractivity contribution is -0.144. The number of rotatable bonds is 27. The van der Waals surface area contributed by atoms with E-state index in [0.717, 1.165) is 111 Å². The first-order valence-electron chi connectivity index (χ1n) is 30.7. The lowest BCUT2D eigenvalue weighted by Gasteiger charge is -2.35. The van der Waals surface area contributed by atoms with Crippen LogP contribution in [0, 0.1) is 26.2 Å². The van der Waals surface area contributed by atoms with Crippen molar-refractivity contribution in [3.8, 4) is 21.6 Å². The summed E-state index contributed by atoms with van der Waals surface area (Å²) in [5.41, 5.74) is 10.6. The number of thiazole rings is 2. The number of aromatic nitrogens is 5. The third-order valence-electron chi connectivity index (χ3n) is 16.9. The Kier molecular flexibility index (Phi) is 21.2. The molecule has 0 spiro atoms. The zero-order valence-electron chi connectivity index (χ0n) is 50.9. The first kappa shape index (κ1) is 63.2. The fourth-order valence-electron chi connectivity index (χ4n) is 12.1. The van der Waals surface area contributed by atoms with E-state index in [1.54, 1.807) is 11.3 Å². The SMILES string of the molecule is Cc1ncsc1-c1ccc(C(C)NC(=O)C2CC(O)CN2C(=O)C(NC(=O)CCCCCCCCCCCCCCCn2nc(C)c(-c3ccc(N4CCc5cccc(C(=O)Nc6nc7ccccc7s6)c5C4)nc3C(=O)O)c2C)C(C)(C)C)cc1. The maximum Gasteiger partial charge on any atom is 0.355 e. The lowest BCUT2D eigenvalue weighted by Crippen LogP contribution is -2.57. The summed E-state index contributed by atoms with van der Waals surface area (Å²) in [5, 5.41) is 35.7. The maximum absolute atomic E-state index is 14.2. The van der Waals surface area contributed by atoms with Gasteiger partial charge in [0.05, 0.1) is 44.1 Å². The molecule has 0 aliphatic carbocycles. The van der Waals surface area contributed by atoms with E-state index in [9.17, 15) is 34.2 Å². The number of nitrogens with zero attached hydrogens (tertiary/aromatic N) is 7. The normalized spacial score (nSPS) is 15.8. The maximum atomic E-state index is 14.2. The standard InChI is InChI=1S/C67H84N10O7S2/c1-42(46-29-31-48(32-30-46)60-44(3)68-41-85-60)69-63(81)54-38-49(78)39-76(54)64(82)61(67(5,6)7)72-57(79)28-19-17-15-13-11-9-8-10-12-14-16-18-22-36-77-45(4)58(43(2)74-77)51-33-34-56(71-59(51)65(83)84)75-37-35-47-24-23-25-50(52(47)40-75)62(80)73-66-70-53-26-20-21-27-55(53)86-66/h20-21,23-27,29-34,41-42,49,54,61,78H,8-19,22,28,35-40H2,1-7H3,(H,69,81)(H,72,79)(H,83,84)(H,70,73,80). The molecule has 5 N–H and O–H groups in total. The van der Waals surface area contributed by atoms with Gasteiger partial charge in [0.2, 0.25) is 17.7 Å². The molecular weight excluding hydrogens is 1120 g/mol. The Morgan fingerprint density at radius 1 is 0.779 bits per heavy atom. The fraction of sp³-hybridized carbons (Fsp3) is 0.478. The van der Waals surface area contributed by atoms with Crippen LogP contribution in [0.3, 0.4) is 0 Å². The summed E-state index contributed by atoms with van der Waals surface area (Å²) in [4.78, 5) is 85.9. The molecule has 6 heterocycles. The number of hydrogen-bond acceptors (Lipinski definition) is 13. The van der Waals surface area contributed by atoms with Gasteiger partial charge in [-0.1, -0.05) is 151 Å². The number of carboxylic acid groups (broad SMARTS) is 1. The lowest BCUT2D eigenvalue weighted by atomic mass is 9.85. The molecule has 4 aromatic heterocycles. The van der Waals surface area contributed by atoms with Gasteiger partial charge in [0.25, 0.3) is 5.91 Å². The van der Waals surface area contributed by atoms with E-state index in [0.29, 0.717) is 48.0 Å². The minimum absolute atomic E-state index is 0.0201. The second kappa shape index (κ2) is 28.9. The number of pyridine rings is 1. The highest BCUT2D eigenvalue weighted by Crippen LogP contribution is 2.35. The number of aromatic carboxylic acids is 1. The largest absolute Gasteiger partial charge is 0.476 e. The Morgan fingerprint density at radius 3 is 2.13 bits per heavy atom. The minimum atomic E-state index is -1.10. The van der Waals surface area contributed by atoms with E-state index < -0.39 is 29.6 Å². The molecule has 2 aliphatic heterocycles. The van der Waals surface area contributed by atoms with Crippen LogP contribution >= 0.6 is 22.7 Å². The summed E-state index contributed by atoms with van der Waals surface area (Å²) in [5.74, 6) is -1.65. The molecule has 7 aromatic rings. The van der Waals surface area contributed by atoms with Crippen molar-refractivity contribution >= 4 is 73.4 Å². The molecule has 4 unspecified atom stereocenters. The first-order valence-corrected chi connectivity index (χ1v) is 32.4. The summed E-state index contributed by atoms with van der Waals surface area (Å²) in [6, 6.07) is 23.3. The quantitative estimate of drug-likeness (QED) is 0.0303. The molecule has 86 heavy (non-hydrogen) atoms. The topological polar surface area (TPSA) is 225 Å². The van der Waals surface area contributed by atoms with Crippen LogP contribution in [-0.4, -0.2) is 101 Å². The number of benzene rings is 3. The van der Waals surface area contributed by atoms with Gasteiger partial charge in [0.15, 0.2) is 10.8 Å². The number of aliphatic hydroxyl groups is 1. The summed E-state index contributed by atoms with van der Waals surface area (Å²) in [6.45, 7) is 15.4. The molecule has 1 fully saturated rings. The zero-order chi connectivity index (χ0) is 61.1. The summed E-state index contributed by atoms with van der Waals surface area (Å²) in [6.07, 6.45) is 14.6. The number of para-hydroxylation sites is 1. The fourth-order valence-corrected chi connectivity index (χ4v) is 13.8. The van der Waals surface area contributed by atoms with Crippen molar-refractivity contribution in [3.63, 3.8) is 0 Å². The number of carbonyl (C=O) groups is 5. The molecule has 9 rings (SSSR count). The molecule has 0 bridgehead atoms. The van der Waals surface area contributed by atoms with Crippen LogP contribution in [0.2, 0.25) is 0 Å². The number of carboxylic acids is 1. The number of carbonyl (C=O) groups excluding carboxylic acids is 4. The van der Waals surface area contributed by atoms with E-state index in [-0.39, 0.29) is 48.3 Å².